The third kappa shape index (κ3) is 4.77. The smallest absolute Gasteiger partial charge is 0.224 e. The third-order valence-electron chi connectivity index (χ3n) is 3.01. The maximum Gasteiger partial charge on any atom is 0.224 e. The molecule has 0 bridgehead atoms. The topological polar surface area (TPSA) is 47.6 Å². The summed E-state index contributed by atoms with van der Waals surface area (Å²) in [6, 6.07) is 9.51. The number of hydrogen-bond acceptors (Lipinski definition) is 4. The number of aryl methyl sites for hydroxylation is 1. The highest BCUT2D eigenvalue weighted by atomic mass is 32.1. The van der Waals surface area contributed by atoms with E-state index in [4.69, 9.17) is 9.47 Å². The second-order valence-electron chi connectivity index (χ2n) is 4.65. The van der Waals surface area contributed by atoms with E-state index in [-0.39, 0.29) is 5.91 Å². The van der Waals surface area contributed by atoms with Crippen LogP contribution >= 0.6 is 11.3 Å². The van der Waals surface area contributed by atoms with E-state index in [9.17, 15) is 4.79 Å². The molecule has 0 fully saturated rings. The van der Waals surface area contributed by atoms with Crippen LogP contribution in [0.4, 0.5) is 5.69 Å². The first-order valence-electron chi connectivity index (χ1n) is 7.44. The van der Waals surface area contributed by atoms with Crippen LogP contribution in [0.5, 0.6) is 11.5 Å². The molecule has 0 aliphatic rings. The van der Waals surface area contributed by atoms with Gasteiger partial charge < -0.3 is 14.8 Å². The molecule has 0 atom stereocenters. The van der Waals surface area contributed by atoms with E-state index < -0.39 is 0 Å². The van der Waals surface area contributed by atoms with Crippen molar-refractivity contribution in [1.29, 1.82) is 0 Å². The summed E-state index contributed by atoms with van der Waals surface area (Å²) in [6.07, 6.45) is 1.20. The van der Waals surface area contributed by atoms with Gasteiger partial charge >= 0.3 is 0 Å². The standard InChI is InChI=1S/C17H21NO3S/c1-3-20-13-7-9-16(21-4-2)15(12-13)18-17(19)10-8-14-6-5-11-22-14/h5-7,9,11-12H,3-4,8,10H2,1-2H3,(H,18,19). The van der Waals surface area contributed by atoms with E-state index in [1.165, 1.54) is 4.88 Å². The molecule has 118 valence electrons. The number of nitrogens with one attached hydrogen (secondary N) is 1. The summed E-state index contributed by atoms with van der Waals surface area (Å²) in [4.78, 5) is 13.3. The summed E-state index contributed by atoms with van der Waals surface area (Å²) in [7, 11) is 0. The van der Waals surface area contributed by atoms with Crippen molar-refractivity contribution < 1.29 is 14.3 Å². The normalized spacial score (nSPS) is 10.3. The van der Waals surface area contributed by atoms with Gasteiger partial charge in [0.05, 0.1) is 18.9 Å². The minimum absolute atomic E-state index is 0.0250. The molecule has 0 radical (unpaired) electrons. The first-order chi connectivity index (χ1) is 10.7. The fourth-order valence-electron chi connectivity index (χ4n) is 2.05. The predicted molar refractivity (Wildman–Crippen MR) is 90.0 cm³/mol. The fourth-order valence-corrected chi connectivity index (χ4v) is 2.76. The third-order valence-corrected chi connectivity index (χ3v) is 3.95. The van der Waals surface area contributed by atoms with Crippen LogP contribution < -0.4 is 14.8 Å². The minimum atomic E-state index is -0.0250. The van der Waals surface area contributed by atoms with Gasteiger partial charge in [-0.05, 0) is 43.8 Å². The van der Waals surface area contributed by atoms with Crippen LogP contribution in [0.15, 0.2) is 35.7 Å². The Morgan fingerprint density at radius 3 is 2.68 bits per heavy atom. The van der Waals surface area contributed by atoms with Crippen LogP contribution in [0.25, 0.3) is 0 Å². The average Bonchev–Trinajstić information content (AvgIpc) is 3.02. The van der Waals surface area contributed by atoms with Gasteiger partial charge in [-0.2, -0.15) is 0 Å². The van der Waals surface area contributed by atoms with Crippen LogP contribution in [0.1, 0.15) is 25.1 Å². The van der Waals surface area contributed by atoms with Crippen LogP contribution in [-0.2, 0) is 11.2 Å². The fraction of sp³-hybridized carbons (Fsp3) is 0.353. The van der Waals surface area contributed by atoms with Gasteiger partial charge in [-0.25, -0.2) is 0 Å². The quantitative estimate of drug-likeness (QED) is 0.796. The number of amides is 1. The minimum Gasteiger partial charge on any atom is -0.494 e. The van der Waals surface area contributed by atoms with E-state index >= 15 is 0 Å². The Balaban J connectivity index is 2.01. The Morgan fingerprint density at radius 1 is 1.18 bits per heavy atom. The average molecular weight is 319 g/mol. The number of anilines is 1. The van der Waals surface area contributed by atoms with E-state index in [0.29, 0.717) is 31.1 Å². The molecule has 0 spiro atoms. The molecule has 1 amide bonds. The van der Waals surface area contributed by atoms with Crippen molar-refractivity contribution in [2.45, 2.75) is 26.7 Å². The van der Waals surface area contributed by atoms with Crippen molar-refractivity contribution in [1.82, 2.24) is 0 Å². The highest BCUT2D eigenvalue weighted by Crippen LogP contribution is 2.29. The Kier molecular flexibility index (Phi) is 6.27. The summed E-state index contributed by atoms with van der Waals surface area (Å²) in [5.74, 6) is 1.36. The van der Waals surface area contributed by atoms with Gasteiger partial charge in [0.25, 0.3) is 0 Å². The van der Waals surface area contributed by atoms with Crippen molar-refractivity contribution in [2.75, 3.05) is 18.5 Å². The van der Waals surface area contributed by atoms with Crippen molar-refractivity contribution in [2.24, 2.45) is 0 Å². The highest BCUT2D eigenvalue weighted by Gasteiger charge is 2.10. The second kappa shape index (κ2) is 8.44. The molecule has 22 heavy (non-hydrogen) atoms. The molecule has 1 aromatic heterocycles. The van der Waals surface area contributed by atoms with Gasteiger partial charge in [-0.15, -0.1) is 11.3 Å². The van der Waals surface area contributed by atoms with Crippen LogP contribution in [0, 0.1) is 0 Å². The summed E-state index contributed by atoms with van der Waals surface area (Å²) in [5.41, 5.74) is 0.656. The monoisotopic (exact) mass is 319 g/mol. The molecular weight excluding hydrogens is 298 g/mol. The van der Waals surface area contributed by atoms with E-state index in [0.717, 1.165) is 12.2 Å². The van der Waals surface area contributed by atoms with Crippen LogP contribution in [0.3, 0.4) is 0 Å². The molecular formula is C17H21NO3S. The SMILES string of the molecule is CCOc1ccc(OCC)c(NC(=O)CCc2cccs2)c1. The molecule has 1 N–H and O–H groups in total. The van der Waals surface area contributed by atoms with Gasteiger partial charge in [-0.3, -0.25) is 4.79 Å². The lowest BCUT2D eigenvalue weighted by molar-refractivity contribution is -0.116. The molecule has 0 unspecified atom stereocenters. The van der Waals surface area contributed by atoms with Crippen molar-refractivity contribution in [3.05, 3.63) is 40.6 Å². The molecule has 1 heterocycles. The molecule has 1 aromatic carbocycles. The van der Waals surface area contributed by atoms with E-state index in [1.54, 1.807) is 17.4 Å². The zero-order valence-electron chi connectivity index (χ0n) is 12.9. The Morgan fingerprint density at radius 2 is 2.00 bits per heavy atom. The lowest BCUT2D eigenvalue weighted by Gasteiger charge is -2.13. The molecule has 0 aliphatic carbocycles. The van der Waals surface area contributed by atoms with E-state index in [2.05, 4.69) is 5.32 Å². The summed E-state index contributed by atoms with van der Waals surface area (Å²) >= 11 is 1.67. The molecule has 2 rings (SSSR count). The van der Waals surface area contributed by atoms with Gasteiger partial charge in [0, 0.05) is 17.4 Å². The van der Waals surface area contributed by atoms with Gasteiger partial charge in [0.15, 0.2) is 0 Å². The molecule has 5 heteroatoms. The maximum absolute atomic E-state index is 12.1. The molecule has 0 aliphatic heterocycles. The maximum atomic E-state index is 12.1. The molecule has 4 nitrogen and oxygen atoms in total. The van der Waals surface area contributed by atoms with Gasteiger partial charge in [0.1, 0.15) is 11.5 Å². The van der Waals surface area contributed by atoms with Crippen molar-refractivity contribution in [3.63, 3.8) is 0 Å². The van der Waals surface area contributed by atoms with Crippen molar-refractivity contribution >= 4 is 22.9 Å². The number of thiophene rings is 1. The Labute approximate surface area is 135 Å². The van der Waals surface area contributed by atoms with Crippen molar-refractivity contribution in [3.8, 4) is 11.5 Å². The molecule has 0 saturated heterocycles. The number of benzene rings is 1. The van der Waals surface area contributed by atoms with E-state index in [1.807, 2.05) is 43.5 Å². The van der Waals surface area contributed by atoms with Crippen LogP contribution in [-0.4, -0.2) is 19.1 Å². The lowest BCUT2D eigenvalue weighted by atomic mass is 10.2. The summed E-state index contributed by atoms with van der Waals surface area (Å²) in [6.45, 7) is 4.97. The second-order valence-corrected chi connectivity index (χ2v) is 5.68. The number of carbonyl (C=O) groups is 1. The summed E-state index contributed by atoms with van der Waals surface area (Å²) in [5, 5.41) is 4.94. The Bertz CT molecular complexity index is 596. The zero-order valence-corrected chi connectivity index (χ0v) is 13.7. The van der Waals surface area contributed by atoms with Crippen LogP contribution in [0.2, 0.25) is 0 Å². The van der Waals surface area contributed by atoms with Gasteiger partial charge in [-0.1, -0.05) is 6.07 Å². The first kappa shape index (κ1) is 16.4. The van der Waals surface area contributed by atoms with Gasteiger partial charge in [0.2, 0.25) is 5.91 Å². The number of carbonyl (C=O) groups excluding carboxylic acids is 1. The number of hydrogen-bond donors (Lipinski definition) is 1. The molecule has 2 aromatic rings. The number of rotatable bonds is 8. The zero-order chi connectivity index (χ0) is 15.8. The number of ether oxygens (including phenoxy) is 2. The Hall–Kier alpha value is -2.01. The predicted octanol–water partition coefficient (Wildman–Crippen LogP) is 4.12. The first-order valence-corrected chi connectivity index (χ1v) is 8.32. The summed E-state index contributed by atoms with van der Waals surface area (Å²) < 4.78 is 11.0. The molecule has 0 saturated carbocycles. The largest absolute Gasteiger partial charge is 0.494 e. The lowest BCUT2D eigenvalue weighted by Crippen LogP contribution is -2.13. The highest BCUT2D eigenvalue weighted by molar-refractivity contribution is 7.09.